The van der Waals surface area contributed by atoms with Crippen molar-refractivity contribution < 1.29 is 9.59 Å². The second kappa shape index (κ2) is 5.69. The number of nitrogens with one attached hydrogen (secondary N) is 2. The number of aromatic amines is 1. The van der Waals surface area contributed by atoms with Gasteiger partial charge in [0.05, 0.1) is 6.20 Å². The Bertz CT molecular complexity index is 883. The first kappa shape index (κ1) is 15.6. The Morgan fingerprint density at radius 3 is 2.77 bits per heavy atom. The lowest BCUT2D eigenvalue weighted by molar-refractivity contribution is -0.126. The van der Waals surface area contributed by atoms with E-state index in [9.17, 15) is 9.59 Å². The smallest absolute Gasteiger partial charge is 0.242 e. The molecule has 1 aromatic heterocycles. The molecule has 2 aliphatic heterocycles. The summed E-state index contributed by atoms with van der Waals surface area (Å²) in [7, 11) is 0. The quantitative estimate of drug-likeness (QED) is 0.874. The van der Waals surface area contributed by atoms with Crippen molar-refractivity contribution in [2.75, 3.05) is 16.8 Å². The highest BCUT2D eigenvalue weighted by atomic mass is 16.2. The predicted octanol–water partition coefficient (Wildman–Crippen LogP) is 2.96. The largest absolute Gasteiger partial charge is 0.311 e. The van der Waals surface area contributed by atoms with E-state index in [1.54, 1.807) is 6.20 Å². The fourth-order valence-electron chi connectivity index (χ4n) is 4.99. The fraction of sp³-hybridized carbons (Fsp3) is 0.450. The van der Waals surface area contributed by atoms with Crippen LogP contribution in [0.25, 0.3) is 0 Å². The van der Waals surface area contributed by atoms with E-state index in [2.05, 4.69) is 15.5 Å². The third-order valence-electron chi connectivity index (χ3n) is 6.22. The Labute approximate surface area is 152 Å². The van der Waals surface area contributed by atoms with Gasteiger partial charge in [-0.25, -0.2) is 0 Å². The molecule has 5 rings (SSSR count). The molecular formula is C20H22N4O2. The van der Waals surface area contributed by atoms with E-state index < -0.39 is 5.41 Å². The average molecular weight is 350 g/mol. The Balaban J connectivity index is 1.62. The number of fused-ring (bicyclic) bond motifs is 4. The molecule has 134 valence electrons. The highest BCUT2D eigenvalue weighted by Gasteiger charge is 2.56. The van der Waals surface area contributed by atoms with Crippen LogP contribution >= 0.6 is 0 Å². The minimum absolute atomic E-state index is 0.0155. The molecular weight excluding hydrogens is 328 g/mol. The van der Waals surface area contributed by atoms with Gasteiger partial charge in [-0.1, -0.05) is 37.5 Å². The van der Waals surface area contributed by atoms with E-state index in [1.807, 2.05) is 29.2 Å². The zero-order valence-electron chi connectivity index (χ0n) is 14.6. The summed E-state index contributed by atoms with van der Waals surface area (Å²) in [5, 5.41) is 9.74. The number of anilines is 2. The van der Waals surface area contributed by atoms with E-state index >= 15 is 0 Å². The maximum absolute atomic E-state index is 13.7. The number of carbonyl (C=O) groups is 2. The number of carbonyl (C=O) groups excluding carboxylic acids is 2. The fourth-order valence-corrected chi connectivity index (χ4v) is 4.99. The van der Waals surface area contributed by atoms with Crippen LogP contribution in [0.2, 0.25) is 0 Å². The standard InChI is InChI=1S/C20H22N4O2/c25-17-10-20(15-11-21-23-18(15)22-17)14-8-4-5-9-16(14)24(19(20)26)12-13-6-2-1-3-7-13/h4-5,8-9,11,13H,1-3,6-7,10,12H2,(H2,21,22,23,25)/t20-/m1/s1. The van der Waals surface area contributed by atoms with Crippen LogP contribution in [-0.2, 0) is 15.0 Å². The van der Waals surface area contributed by atoms with Crippen molar-refractivity contribution in [3.63, 3.8) is 0 Å². The molecule has 26 heavy (non-hydrogen) atoms. The average Bonchev–Trinajstić information content (AvgIpc) is 3.21. The van der Waals surface area contributed by atoms with E-state index in [0.717, 1.165) is 23.4 Å². The molecule has 2 N–H and O–H groups in total. The molecule has 0 bridgehead atoms. The van der Waals surface area contributed by atoms with Gasteiger partial charge in [0, 0.05) is 24.2 Å². The normalized spacial score (nSPS) is 25.3. The van der Waals surface area contributed by atoms with Gasteiger partial charge >= 0.3 is 0 Å². The van der Waals surface area contributed by atoms with Gasteiger partial charge in [-0.2, -0.15) is 5.10 Å². The molecule has 3 aliphatic rings. The van der Waals surface area contributed by atoms with Crippen molar-refractivity contribution in [2.24, 2.45) is 5.92 Å². The zero-order chi connectivity index (χ0) is 17.7. The number of hydrogen-bond acceptors (Lipinski definition) is 3. The molecule has 2 aromatic rings. The number of rotatable bonds is 2. The summed E-state index contributed by atoms with van der Waals surface area (Å²) < 4.78 is 0. The van der Waals surface area contributed by atoms with Crippen molar-refractivity contribution in [1.29, 1.82) is 0 Å². The summed E-state index contributed by atoms with van der Waals surface area (Å²) in [4.78, 5) is 28.1. The van der Waals surface area contributed by atoms with Gasteiger partial charge in [0.25, 0.3) is 0 Å². The monoisotopic (exact) mass is 350 g/mol. The SMILES string of the molecule is O=C1C[C@]2(C(=O)N(CC3CCCCC3)c3ccccc32)c2cn[nH]c2N1. The maximum Gasteiger partial charge on any atom is 0.242 e. The van der Waals surface area contributed by atoms with E-state index in [1.165, 1.54) is 32.1 Å². The van der Waals surface area contributed by atoms with Crippen molar-refractivity contribution in [3.05, 3.63) is 41.6 Å². The number of para-hydroxylation sites is 1. The van der Waals surface area contributed by atoms with Crippen LogP contribution in [0, 0.1) is 5.92 Å². The summed E-state index contributed by atoms with van der Waals surface area (Å²) >= 11 is 0. The summed E-state index contributed by atoms with van der Waals surface area (Å²) in [6.07, 6.45) is 7.96. The van der Waals surface area contributed by atoms with Gasteiger partial charge in [-0.05, 0) is 30.4 Å². The summed E-state index contributed by atoms with van der Waals surface area (Å²) in [5.41, 5.74) is 1.71. The number of nitrogens with zero attached hydrogens (tertiary/aromatic N) is 2. The lowest BCUT2D eigenvalue weighted by atomic mass is 9.72. The van der Waals surface area contributed by atoms with Gasteiger partial charge < -0.3 is 10.2 Å². The molecule has 1 fully saturated rings. The van der Waals surface area contributed by atoms with Crippen molar-refractivity contribution in [3.8, 4) is 0 Å². The van der Waals surface area contributed by atoms with Crippen molar-refractivity contribution in [1.82, 2.24) is 10.2 Å². The Kier molecular flexibility index (Phi) is 3.42. The number of amides is 2. The molecule has 1 aliphatic carbocycles. The van der Waals surface area contributed by atoms with Gasteiger partial charge in [0.2, 0.25) is 11.8 Å². The third kappa shape index (κ3) is 2.08. The molecule has 6 heteroatoms. The molecule has 6 nitrogen and oxygen atoms in total. The molecule has 1 spiro atoms. The van der Waals surface area contributed by atoms with E-state index in [0.29, 0.717) is 11.7 Å². The summed E-state index contributed by atoms with van der Waals surface area (Å²) in [6, 6.07) is 7.92. The van der Waals surface area contributed by atoms with Crippen LogP contribution in [0.5, 0.6) is 0 Å². The topological polar surface area (TPSA) is 78.1 Å². The highest BCUT2D eigenvalue weighted by Crippen LogP contribution is 2.52. The molecule has 2 amide bonds. The molecule has 1 aromatic carbocycles. The van der Waals surface area contributed by atoms with Gasteiger partial charge in [0.1, 0.15) is 11.2 Å². The Morgan fingerprint density at radius 1 is 1.12 bits per heavy atom. The minimum Gasteiger partial charge on any atom is -0.311 e. The molecule has 0 unspecified atom stereocenters. The number of aromatic nitrogens is 2. The van der Waals surface area contributed by atoms with Crippen LogP contribution in [0.3, 0.4) is 0 Å². The van der Waals surface area contributed by atoms with Crippen molar-refractivity contribution >= 4 is 23.3 Å². The van der Waals surface area contributed by atoms with E-state index in [-0.39, 0.29) is 18.2 Å². The second-order valence-electron chi connectivity index (χ2n) is 7.73. The van der Waals surface area contributed by atoms with Crippen LogP contribution in [0.15, 0.2) is 30.5 Å². The molecule has 0 radical (unpaired) electrons. The molecule has 1 atom stereocenters. The van der Waals surface area contributed by atoms with Crippen LogP contribution in [0.1, 0.15) is 49.7 Å². The minimum atomic E-state index is -0.948. The van der Waals surface area contributed by atoms with Crippen molar-refractivity contribution in [2.45, 2.75) is 43.9 Å². The predicted molar refractivity (Wildman–Crippen MR) is 98.0 cm³/mol. The summed E-state index contributed by atoms with van der Waals surface area (Å²) in [5.74, 6) is 0.951. The second-order valence-corrected chi connectivity index (χ2v) is 7.73. The maximum atomic E-state index is 13.7. The number of benzene rings is 1. The highest BCUT2D eigenvalue weighted by molar-refractivity contribution is 6.15. The number of hydrogen-bond donors (Lipinski definition) is 2. The molecule has 3 heterocycles. The van der Waals surface area contributed by atoms with Crippen LogP contribution < -0.4 is 10.2 Å². The van der Waals surface area contributed by atoms with Gasteiger partial charge in [0.15, 0.2) is 0 Å². The lowest BCUT2D eigenvalue weighted by Gasteiger charge is -2.33. The first-order valence-electron chi connectivity index (χ1n) is 9.45. The van der Waals surface area contributed by atoms with Crippen LogP contribution in [-0.4, -0.2) is 28.6 Å². The van der Waals surface area contributed by atoms with E-state index in [4.69, 9.17) is 0 Å². The van der Waals surface area contributed by atoms with Crippen LogP contribution in [0.4, 0.5) is 11.5 Å². The van der Waals surface area contributed by atoms with Gasteiger partial charge in [-0.3, -0.25) is 14.7 Å². The third-order valence-corrected chi connectivity index (χ3v) is 6.22. The Morgan fingerprint density at radius 2 is 1.92 bits per heavy atom. The lowest BCUT2D eigenvalue weighted by Crippen LogP contribution is -2.47. The first-order valence-corrected chi connectivity index (χ1v) is 9.45. The molecule has 0 saturated heterocycles. The van der Waals surface area contributed by atoms with Gasteiger partial charge in [-0.15, -0.1) is 0 Å². The zero-order valence-corrected chi connectivity index (χ0v) is 14.6. The Hall–Kier alpha value is -2.63. The summed E-state index contributed by atoms with van der Waals surface area (Å²) in [6.45, 7) is 0.742. The first-order chi connectivity index (χ1) is 12.7. The number of H-pyrrole nitrogens is 1. The molecule has 1 saturated carbocycles.